The Morgan fingerprint density at radius 3 is 2.00 bits per heavy atom. The minimum absolute atomic E-state index is 0.00991. The summed E-state index contributed by atoms with van der Waals surface area (Å²) in [4.78, 5) is 0. The van der Waals surface area contributed by atoms with Crippen molar-refractivity contribution in [3.63, 3.8) is 0 Å². The van der Waals surface area contributed by atoms with Crippen LogP contribution in [0.15, 0.2) is 54.6 Å². The number of hydrogen-bond acceptors (Lipinski definition) is 3. The van der Waals surface area contributed by atoms with Crippen LogP contribution in [0.4, 0.5) is 0 Å². The molecule has 2 N–H and O–H groups in total. The Kier molecular flexibility index (Phi) is 5.37. The lowest BCUT2D eigenvalue weighted by atomic mass is 10.0. The van der Waals surface area contributed by atoms with Crippen molar-refractivity contribution in [2.75, 3.05) is 7.11 Å². The van der Waals surface area contributed by atoms with Crippen molar-refractivity contribution in [1.29, 1.82) is 0 Å². The summed E-state index contributed by atoms with van der Waals surface area (Å²) in [6, 6.07) is 17.9. The standard InChI is InChI=1S/C18H23NO2/c1-13(19)18(16-9-11-17(20-3)12-10-16)21-14(2)15-7-5-4-6-8-15/h4-14,18H,19H2,1-3H3. The van der Waals surface area contributed by atoms with Crippen LogP contribution < -0.4 is 10.5 Å². The fraction of sp³-hybridized carbons (Fsp3) is 0.333. The van der Waals surface area contributed by atoms with Crippen molar-refractivity contribution in [3.05, 3.63) is 65.7 Å². The summed E-state index contributed by atoms with van der Waals surface area (Å²) in [5.41, 5.74) is 8.32. The number of methoxy groups -OCH3 is 1. The van der Waals surface area contributed by atoms with E-state index < -0.39 is 0 Å². The molecule has 0 amide bonds. The molecule has 2 rings (SSSR count). The Balaban J connectivity index is 2.15. The third-order valence-electron chi connectivity index (χ3n) is 3.54. The highest BCUT2D eigenvalue weighted by Gasteiger charge is 2.20. The first-order chi connectivity index (χ1) is 10.1. The number of nitrogens with two attached hydrogens (primary N) is 1. The SMILES string of the molecule is COc1ccc(C(OC(C)c2ccccc2)C(C)N)cc1. The van der Waals surface area contributed by atoms with Crippen molar-refractivity contribution in [1.82, 2.24) is 0 Å². The van der Waals surface area contributed by atoms with Crippen molar-refractivity contribution in [3.8, 4) is 5.75 Å². The molecule has 2 aromatic carbocycles. The van der Waals surface area contributed by atoms with Gasteiger partial charge >= 0.3 is 0 Å². The molecule has 21 heavy (non-hydrogen) atoms. The maximum Gasteiger partial charge on any atom is 0.118 e. The summed E-state index contributed by atoms with van der Waals surface area (Å²) in [6.45, 7) is 4.01. The molecular weight excluding hydrogens is 262 g/mol. The molecule has 0 fully saturated rings. The number of rotatable bonds is 6. The molecule has 0 saturated heterocycles. The number of ether oxygens (including phenoxy) is 2. The lowest BCUT2D eigenvalue weighted by Gasteiger charge is -2.26. The van der Waals surface area contributed by atoms with Crippen molar-refractivity contribution >= 4 is 0 Å². The summed E-state index contributed by atoms with van der Waals surface area (Å²) < 4.78 is 11.4. The predicted octanol–water partition coefficient (Wildman–Crippen LogP) is 3.86. The van der Waals surface area contributed by atoms with Crippen LogP contribution >= 0.6 is 0 Å². The first-order valence-electron chi connectivity index (χ1n) is 7.21. The molecule has 0 aliphatic carbocycles. The van der Waals surface area contributed by atoms with E-state index in [9.17, 15) is 0 Å². The third kappa shape index (κ3) is 4.06. The molecule has 0 aliphatic heterocycles. The highest BCUT2D eigenvalue weighted by Crippen LogP contribution is 2.29. The number of hydrogen-bond donors (Lipinski definition) is 1. The normalized spacial score (nSPS) is 15.2. The summed E-state index contributed by atoms with van der Waals surface area (Å²) >= 11 is 0. The van der Waals surface area contributed by atoms with Crippen LogP contribution in [0.3, 0.4) is 0 Å². The van der Waals surface area contributed by atoms with Gasteiger partial charge in [-0.2, -0.15) is 0 Å². The lowest BCUT2D eigenvalue weighted by Crippen LogP contribution is -2.27. The molecule has 3 heteroatoms. The molecular formula is C18H23NO2. The van der Waals surface area contributed by atoms with Gasteiger partial charge in [0.2, 0.25) is 0 Å². The Morgan fingerprint density at radius 2 is 1.48 bits per heavy atom. The molecule has 0 radical (unpaired) electrons. The van der Waals surface area contributed by atoms with E-state index in [0.29, 0.717) is 0 Å². The Hall–Kier alpha value is -1.84. The topological polar surface area (TPSA) is 44.5 Å². The quantitative estimate of drug-likeness (QED) is 0.876. The van der Waals surface area contributed by atoms with Crippen molar-refractivity contribution in [2.24, 2.45) is 5.73 Å². The largest absolute Gasteiger partial charge is 0.497 e. The summed E-state index contributed by atoms with van der Waals surface area (Å²) in [6.07, 6.45) is -0.157. The van der Waals surface area contributed by atoms with Crippen LogP contribution in [0.25, 0.3) is 0 Å². The molecule has 0 saturated carbocycles. The molecule has 0 aromatic heterocycles. The minimum atomic E-state index is -0.147. The first kappa shape index (κ1) is 15.5. The van der Waals surface area contributed by atoms with Gasteiger partial charge in [-0.1, -0.05) is 42.5 Å². The van der Waals surface area contributed by atoms with E-state index in [1.165, 1.54) is 0 Å². The van der Waals surface area contributed by atoms with E-state index in [1.807, 2.05) is 56.3 Å². The van der Waals surface area contributed by atoms with Crippen LogP contribution in [0.1, 0.15) is 37.2 Å². The van der Waals surface area contributed by atoms with Crippen molar-refractivity contribution < 1.29 is 9.47 Å². The van der Waals surface area contributed by atoms with Crippen LogP contribution in [0.2, 0.25) is 0 Å². The predicted molar refractivity (Wildman–Crippen MR) is 85.3 cm³/mol. The summed E-state index contributed by atoms with van der Waals surface area (Å²) in [5, 5.41) is 0. The van der Waals surface area contributed by atoms with Gasteiger partial charge in [-0.15, -0.1) is 0 Å². The van der Waals surface area contributed by atoms with E-state index in [2.05, 4.69) is 12.1 Å². The molecule has 0 aliphatic rings. The van der Waals surface area contributed by atoms with Crippen LogP contribution in [-0.4, -0.2) is 13.2 Å². The molecule has 0 bridgehead atoms. The fourth-order valence-corrected chi connectivity index (χ4v) is 2.32. The molecule has 2 aromatic rings. The van der Waals surface area contributed by atoms with Gasteiger partial charge in [0.05, 0.1) is 19.3 Å². The van der Waals surface area contributed by atoms with E-state index in [0.717, 1.165) is 16.9 Å². The monoisotopic (exact) mass is 285 g/mol. The zero-order valence-electron chi connectivity index (χ0n) is 12.8. The molecule has 0 spiro atoms. The van der Waals surface area contributed by atoms with Gasteiger partial charge in [0.15, 0.2) is 0 Å². The molecule has 3 atom stereocenters. The average molecular weight is 285 g/mol. The second-order valence-electron chi connectivity index (χ2n) is 5.24. The molecule has 112 valence electrons. The molecule has 3 nitrogen and oxygen atoms in total. The van der Waals surface area contributed by atoms with Crippen LogP contribution in [-0.2, 0) is 4.74 Å². The smallest absolute Gasteiger partial charge is 0.118 e. The summed E-state index contributed by atoms with van der Waals surface area (Å²) in [7, 11) is 1.66. The molecule has 0 heterocycles. The Labute approximate surface area is 126 Å². The zero-order chi connectivity index (χ0) is 15.2. The van der Waals surface area contributed by atoms with E-state index in [4.69, 9.17) is 15.2 Å². The zero-order valence-corrected chi connectivity index (χ0v) is 12.8. The fourth-order valence-electron chi connectivity index (χ4n) is 2.32. The Morgan fingerprint density at radius 1 is 0.857 bits per heavy atom. The first-order valence-corrected chi connectivity index (χ1v) is 7.21. The second-order valence-corrected chi connectivity index (χ2v) is 5.24. The van der Waals surface area contributed by atoms with Gasteiger partial charge in [-0.25, -0.2) is 0 Å². The second kappa shape index (κ2) is 7.25. The van der Waals surface area contributed by atoms with E-state index in [1.54, 1.807) is 7.11 Å². The van der Waals surface area contributed by atoms with Crippen molar-refractivity contribution in [2.45, 2.75) is 32.1 Å². The van der Waals surface area contributed by atoms with Gasteiger partial charge in [-0.05, 0) is 37.1 Å². The average Bonchev–Trinajstić information content (AvgIpc) is 2.53. The maximum atomic E-state index is 6.19. The van der Waals surface area contributed by atoms with E-state index in [-0.39, 0.29) is 18.2 Å². The molecule has 3 unspecified atom stereocenters. The van der Waals surface area contributed by atoms with Gasteiger partial charge < -0.3 is 15.2 Å². The van der Waals surface area contributed by atoms with Crippen LogP contribution in [0, 0.1) is 0 Å². The summed E-state index contributed by atoms with van der Waals surface area (Å²) in [5.74, 6) is 0.832. The highest BCUT2D eigenvalue weighted by molar-refractivity contribution is 5.29. The Bertz CT molecular complexity index is 537. The van der Waals surface area contributed by atoms with Gasteiger partial charge in [0.25, 0.3) is 0 Å². The van der Waals surface area contributed by atoms with Gasteiger partial charge in [0, 0.05) is 6.04 Å². The lowest BCUT2D eigenvalue weighted by molar-refractivity contribution is -0.0162. The minimum Gasteiger partial charge on any atom is -0.497 e. The highest BCUT2D eigenvalue weighted by atomic mass is 16.5. The third-order valence-corrected chi connectivity index (χ3v) is 3.54. The maximum absolute atomic E-state index is 6.19. The van der Waals surface area contributed by atoms with E-state index >= 15 is 0 Å². The van der Waals surface area contributed by atoms with Gasteiger partial charge in [0.1, 0.15) is 5.75 Å². The number of benzene rings is 2. The van der Waals surface area contributed by atoms with Crippen LogP contribution in [0.5, 0.6) is 5.75 Å². The van der Waals surface area contributed by atoms with Gasteiger partial charge in [-0.3, -0.25) is 0 Å².